The van der Waals surface area contributed by atoms with Crippen LogP contribution in [0.1, 0.15) is 10.4 Å². The third-order valence-corrected chi connectivity index (χ3v) is 2.78. The van der Waals surface area contributed by atoms with Crippen LogP contribution >= 0.6 is 0 Å². The summed E-state index contributed by atoms with van der Waals surface area (Å²) >= 11 is 0. The van der Waals surface area contributed by atoms with Crippen molar-refractivity contribution < 1.29 is 31.1 Å². The summed E-state index contributed by atoms with van der Waals surface area (Å²) in [5.41, 5.74) is -7.15. The Morgan fingerprint density at radius 2 is 1.50 bits per heavy atom. The Kier molecular flexibility index (Phi) is 4.56. The molecule has 0 aliphatic rings. The number of hydrogen-bond acceptors (Lipinski definition) is 2. The monoisotopic (exact) mass is 322 g/mol. The molecule has 0 aromatic heterocycles. The normalized spacial score (nSPS) is 12.4. The predicted octanol–water partition coefficient (Wildman–Crippen LogP) is 3.36. The Labute approximate surface area is 120 Å². The van der Waals surface area contributed by atoms with Crippen molar-refractivity contribution in [1.29, 1.82) is 5.26 Å². The minimum atomic E-state index is -6.00. The fourth-order valence-electron chi connectivity index (χ4n) is 1.64. The van der Waals surface area contributed by atoms with Gasteiger partial charge in [-0.3, -0.25) is 4.79 Å². The molecule has 22 heavy (non-hydrogen) atoms. The average molecular weight is 322 g/mol. The summed E-state index contributed by atoms with van der Waals surface area (Å²) in [5.74, 6) is -1.63. The summed E-state index contributed by atoms with van der Waals surface area (Å²) in [6.45, 7) is 2.51. The molecule has 0 bridgehead atoms. The van der Waals surface area contributed by atoms with E-state index in [2.05, 4.69) is 6.58 Å². The quantitative estimate of drug-likeness (QED) is 0.685. The molecule has 1 aromatic rings. The number of alkyl halides is 6. The maximum atomic E-state index is 13.0. The lowest BCUT2D eigenvalue weighted by Gasteiger charge is -2.37. The second-order valence-corrected chi connectivity index (χ2v) is 4.16. The van der Waals surface area contributed by atoms with Crippen molar-refractivity contribution in [2.24, 2.45) is 0 Å². The first kappa shape index (κ1) is 17.6. The zero-order valence-corrected chi connectivity index (χ0v) is 10.7. The highest BCUT2D eigenvalue weighted by Crippen LogP contribution is 2.47. The summed E-state index contributed by atoms with van der Waals surface area (Å²) in [6, 6.07) is 6.73. The molecular weight excluding hydrogens is 314 g/mol. The van der Waals surface area contributed by atoms with Gasteiger partial charge >= 0.3 is 12.4 Å². The summed E-state index contributed by atoms with van der Waals surface area (Å²) in [6.07, 6.45) is -12.0. The van der Waals surface area contributed by atoms with Gasteiger partial charge in [0.05, 0.1) is 11.6 Å². The second-order valence-electron chi connectivity index (χ2n) is 4.16. The molecule has 0 aliphatic carbocycles. The summed E-state index contributed by atoms with van der Waals surface area (Å²) in [7, 11) is 0. The molecule has 0 atom stereocenters. The number of nitrogens with zero attached hydrogens (tertiary/aromatic N) is 1. The molecule has 0 spiro atoms. The lowest BCUT2D eigenvalue weighted by atomic mass is 9.89. The lowest BCUT2D eigenvalue weighted by molar-refractivity contribution is -0.289. The van der Waals surface area contributed by atoms with E-state index in [9.17, 15) is 31.1 Å². The molecular formula is C13H8F6N2O. The number of benzene rings is 1. The molecule has 9 heteroatoms. The van der Waals surface area contributed by atoms with E-state index in [-0.39, 0.29) is 0 Å². The van der Waals surface area contributed by atoms with Crippen LogP contribution in [0.2, 0.25) is 0 Å². The number of carbonyl (C=O) groups is 1. The van der Waals surface area contributed by atoms with E-state index in [0.29, 0.717) is 0 Å². The number of halogens is 6. The van der Waals surface area contributed by atoms with Crippen molar-refractivity contribution in [2.45, 2.75) is 17.9 Å². The fourth-order valence-corrected chi connectivity index (χ4v) is 1.64. The van der Waals surface area contributed by atoms with Crippen molar-refractivity contribution in [1.82, 2.24) is 5.32 Å². The molecule has 1 N–H and O–H groups in total. The minimum Gasteiger partial charge on any atom is -0.326 e. The molecule has 0 radical (unpaired) electrons. The van der Waals surface area contributed by atoms with Gasteiger partial charge in [0.25, 0.3) is 11.4 Å². The zero-order chi connectivity index (χ0) is 17.2. The number of nitrogens with one attached hydrogen (secondary N) is 1. The first-order valence-electron chi connectivity index (χ1n) is 5.58. The van der Waals surface area contributed by atoms with Crippen LogP contribution < -0.4 is 5.32 Å². The van der Waals surface area contributed by atoms with E-state index in [1.165, 1.54) is 18.2 Å². The Bertz CT molecular complexity index is 598. The Hall–Kier alpha value is -2.50. The maximum absolute atomic E-state index is 13.0. The van der Waals surface area contributed by atoms with Crippen LogP contribution in [-0.4, -0.2) is 23.8 Å². The number of hydrogen-bond donors (Lipinski definition) is 1. The van der Waals surface area contributed by atoms with Crippen LogP contribution in [-0.2, 0) is 0 Å². The van der Waals surface area contributed by atoms with Crippen molar-refractivity contribution in [3.05, 3.63) is 48.0 Å². The fraction of sp³-hybridized carbons (Fsp3) is 0.231. The van der Waals surface area contributed by atoms with Gasteiger partial charge in [-0.05, 0) is 12.1 Å². The lowest BCUT2D eigenvalue weighted by Crippen LogP contribution is -2.68. The van der Waals surface area contributed by atoms with Crippen molar-refractivity contribution in [2.75, 3.05) is 0 Å². The molecule has 0 aliphatic heterocycles. The standard InChI is InChI=1S/C13H8F6N2O/c1-8(7-20)11(12(14,15)16,13(17,18)19)21-10(22)9-5-3-2-4-6-9/h2-6H,1H2,(H,21,22). The average Bonchev–Trinajstić information content (AvgIpc) is 2.41. The molecule has 0 saturated carbocycles. The van der Waals surface area contributed by atoms with Gasteiger partial charge in [-0.1, -0.05) is 24.8 Å². The largest absolute Gasteiger partial charge is 0.425 e. The van der Waals surface area contributed by atoms with Crippen molar-refractivity contribution >= 4 is 5.91 Å². The third-order valence-electron chi connectivity index (χ3n) is 2.78. The molecule has 3 nitrogen and oxygen atoms in total. The SMILES string of the molecule is C=C(C#N)C(NC(=O)c1ccccc1)(C(F)(F)F)C(F)(F)F. The highest BCUT2D eigenvalue weighted by atomic mass is 19.4. The third kappa shape index (κ3) is 2.90. The predicted molar refractivity (Wildman–Crippen MR) is 63.5 cm³/mol. The summed E-state index contributed by atoms with van der Waals surface area (Å²) in [5, 5.41) is 9.35. The molecule has 118 valence electrons. The van der Waals surface area contributed by atoms with E-state index in [4.69, 9.17) is 5.26 Å². The molecule has 1 aromatic carbocycles. The van der Waals surface area contributed by atoms with Gasteiger partial charge in [0.1, 0.15) is 0 Å². The van der Waals surface area contributed by atoms with Gasteiger partial charge in [0.2, 0.25) is 0 Å². The van der Waals surface area contributed by atoms with E-state index in [1.54, 1.807) is 0 Å². The van der Waals surface area contributed by atoms with Gasteiger partial charge in [0.15, 0.2) is 0 Å². The molecule has 0 saturated heterocycles. The van der Waals surface area contributed by atoms with Crippen molar-refractivity contribution in [3.8, 4) is 6.07 Å². The molecule has 0 fully saturated rings. The van der Waals surface area contributed by atoms with Gasteiger partial charge in [-0.2, -0.15) is 31.6 Å². The van der Waals surface area contributed by atoms with E-state index in [0.717, 1.165) is 23.5 Å². The highest BCUT2D eigenvalue weighted by Gasteiger charge is 2.73. The topological polar surface area (TPSA) is 52.9 Å². The van der Waals surface area contributed by atoms with Gasteiger partial charge in [-0.15, -0.1) is 0 Å². The first-order chi connectivity index (χ1) is 9.97. The van der Waals surface area contributed by atoms with Gasteiger partial charge in [0, 0.05) is 5.56 Å². The first-order valence-corrected chi connectivity index (χ1v) is 5.58. The molecule has 1 amide bonds. The Balaban J connectivity index is 3.43. The highest BCUT2D eigenvalue weighted by molar-refractivity contribution is 5.95. The van der Waals surface area contributed by atoms with Crippen molar-refractivity contribution in [3.63, 3.8) is 0 Å². The van der Waals surface area contributed by atoms with Crippen LogP contribution in [0.3, 0.4) is 0 Å². The van der Waals surface area contributed by atoms with E-state index < -0.39 is 34.9 Å². The van der Waals surface area contributed by atoms with Crippen LogP contribution in [0.5, 0.6) is 0 Å². The Morgan fingerprint density at radius 3 is 1.86 bits per heavy atom. The summed E-state index contributed by atoms with van der Waals surface area (Å²) < 4.78 is 78.2. The van der Waals surface area contributed by atoms with E-state index in [1.807, 2.05) is 0 Å². The smallest absolute Gasteiger partial charge is 0.326 e. The minimum absolute atomic E-state index is 0.425. The van der Waals surface area contributed by atoms with Crippen LogP contribution in [0.15, 0.2) is 42.5 Å². The number of nitriles is 1. The van der Waals surface area contributed by atoms with Crippen LogP contribution in [0.4, 0.5) is 26.3 Å². The molecule has 1 rings (SSSR count). The maximum Gasteiger partial charge on any atom is 0.425 e. The van der Waals surface area contributed by atoms with Gasteiger partial charge in [-0.25, -0.2) is 0 Å². The van der Waals surface area contributed by atoms with Crippen LogP contribution in [0.25, 0.3) is 0 Å². The second kappa shape index (κ2) is 5.71. The molecule has 0 heterocycles. The van der Waals surface area contributed by atoms with E-state index >= 15 is 0 Å². The zero-order valence-electron chi connectivity index (χ0n) is 10.7. The Morgan fingerprint density at radius 1 is 1.05 bits per heavy atom. The number of rotatable bonds is 3. The van der Waals surface area contributed by atoms with Crippen LogP contribution in [0, 0.1) is 11.3 Å². The molecule has 0 unspecified atom stereocenters. The number of amides is 1. The van der Waals surface area contributed by atoms with Gasteiger partial charge < -0.3 is 5.32 Å². The number of carbonyl (C=O) groups excluding carboxylic acids is 1. The summed E-state index contributed by atoms with van der Waals surface area (Å²) in [4.78, 5) is 11.7.